The number of rotatable bonds is 8. The van der Waals surface area contributed by atoms with Crippen molar-refractivity contribution >= 4 is 11.6 Å². The molecule has 0 aromatic heterocycles. The first-order valence-corrected chi connectivity index (χ1v) is 5.88. The Kier molecular flexibility index (Phi) is 8.24. The number of halogens is 4. The van der Waals surface area contributed by atoms with Gasteiger partial charge in [0, 0.05) is 5.88 Å². The highest BCUT2D eigenvalue weighted by Crippen LogP contribution is 2.17. The van der Waals surface area contributed by atoms with Gasteiger partial charge in [-0.1, -0.05) is 13.3 Å². The van der Waals surface area contributed by atoms with E-state index in [-0.39, 0.29) is 0 Å². The Balaban J connectivity index is 3.73. The van der Waals surface area contributed by atoms with E-state index in [1.165, 1.54) is 4.90 Å². The van der Waals surface area contributed by atoms with E-state index in [0.29, 0.717) is 19.0 Å². The normalized spacial score (nSPS) is 12.4. The first-order chi connectivity index (χ1) is 6.99. The van der Waals surface area contributed by atoms with Crippen molar-refractivity contribution in [2.75, 3.05) is 25.5 Å². The van der Waals surface area contributed by atoms with Gasteiger partial charge in [-0.15, -0.1) is 11.6 Å². The van der Waals surface area contributed by atoms with E-state index in [4.69, 9.17) is 11.6 Å². The molecule has 0 heterocycles. The number of unbranched alkanes of at least 4 members (excludes halogenated alkanes) is 2. The monoisotopic (exact) mass is 245 g/mol. The molecule has 0 radical (unpaired) electrons. The second-order valence-electron chi connectivity index (χ2n) is 3.64. The van der Waals surface area contributed by atoms with Crippen LogP contribution in [0.5, 0.6) is 0 Å². The van der Waals surface area contributed by atoms with Gasteiger partial charge in [-0.25, -0.2) is 0 Å². The third-order valence-corrected chi connectivity index (χ3v) is 2.32. The van der Waals surface area contributed by atoms with E-state index >= 15 is 0 Å². The molecule has 0 unspecified atom stereocenters. The van der Waals surface area contributed by atoms with Crippen LogP contribution >= 0.6 is 11.6 Å². The van der Waals surface area contributed by atoms with Crippen molar-refractivity contribution < 1.29 is 13.2 Å². The molecule has 0 N–H and O–H groups in total. The van der Waals surface area contributed by atoms with Gasteiger partial charge >= 0.3 is 6.18 Å². The summed E-state index contributed by atoms with van der Waals surface area (Å²) in [5, 5.41) is 0. The molecule has 0 aliphatic rings. The van der Waals surface area contributed by atoms with Crippen molar-refractivity contribution in [2.45, 2.75) is 38.8 Å². The van der Waals surface area contributed by atoms with Gasteiger partial charge in [-0.2, -0.15) is 13.2 Å². The van der Waals surface area contributed by atoms with Crippen molar-refractivity contribution in [1.82, 2.24) is 4.90 Å². The van der Waals surface area contributed by atoms with Gasteiger partial charge in [-0.3, -0.25) is 4.90 Å². The van der Waals surface area contributed by atoms with Gasteiger partial charge in [-0.05, 0) is 32.4 Å². The van der Waals surface area contributed by atoms with Crippen LogP contribution in [0.25, 0.3) is 0 Å². The molecule has 0 atom stereocenters. The fourth-order valence-corrected chi connectivity index (χ4v) is 1.64. The first-order valence-electron chi connectivity index (χ1n) is 5.34. The van der Waals surface area contributed by atoms with Crippen LogP contribution in [0.3, 0.4) is 0 Å². The van der Waals surface area contributed by atoms with Gasteiger partial charge in [0.05, 0.1) is 6.54 Å². The molecule has 0 amide bonds. The molecule has 0 aromatic carbocycles. The van der Waals surface area contributed by atoms with Crippen LogP contribution in [0, 0.1) is 0 Å². The third-order valence-electron chi connectivity index (χ3n) is 2.05. The fourth-order valence-electron chi connectivity index (χ4n) is 1.45. The minimum atomic E-state index is -4.08. The predicted molar refractivity (Wildman–Crippen MR) is 57.4 cm³/mol. The lowest BCUT2D eigenvalue weighted by Crippen LogP contribution is -2.35. The summed E-state index contributed by atoms with van der Waals surface area (Å²) in [6.07, 6.45) is -0.745. The van der Waals surface area contributed by atoms with E-state index in [1.807, 2.05) is 6.92 Å². The number of nitrogens with zero attached hydrogens (tertiary/aromatic N) is 1. The Morgan fingerprint density at radius 1 is 1.07 bits per heavy atom. The Hall–Kier alpha value is 0.0400. The summed E-state index contributed by atoms with van der Waals surface area (Å²) in [7, 11) is 0. The molecule has 0 aliphatic carbocycles. The summed E-state index contributed by atoms with van der Waals surface area (Å²) in [5.74, 6) is 0.590. The number of hydrogen-bond donors (Lipinski definition) is 0. The zero-order valence-electron chi connectivity index (χ0n) is 9.12. The summed E-state index contributed by atoms with van der Waals surface area (Å²) < 4.78 is 36.4. The van der Waals surface area contributed by atoms with Gasteiger partial charge in [0.25, 0.3) is 0 Å². The minimum absolute atomic E-state index is 0.514. The highest BCUT2D eigenvalue weighted by molar-refractivity contribution is 6.17. The largest absolute Gasteiger partial charge is 0.401 e. The molecule has 0 aromatic rings. The second kappa shape index (κ2) is 8.22. The van der Waals surface area contributed by atoms with Gasteiger partial charge in [0.15, 0.2) is 0 Å². The van der Waals surface area contributed by atoms with Crippen LogP contribution in [-0.2, 0) is 0 Å². The molecule has 0 saturated heterocycles. The summed E-state index contributed by atoms with van der Waals surface area (Å²) >= 11 is 5.49. The van der Waals surface area contributed by atoms with Crippen LogP contribution in [-0.4, -0.2) is 36.6 Å². The average molecular weight is 246 g/mol. The highest BCUT2D eigenvalue weighted by atomic mass is 35.5. The lowest BCUT2D eigenvalue weighted by atomic mass is 10.2. The molecule has 92 valence electrons. The predicted octanol–water partition coefficient (Wildman–Crippen LogP) is 3.67. The Labute approximate surface area is 94.6 Å². The minimum Gasteiger partial charge on any atom is -0.295 e. The van der Waals surface area contributed by atoms with Crippen molar-refractivity contribution in [1.29, 1.82) is 0 Å². The highest BCUT2D eigenvalue weighted by Gasteiger charge is 2.29. The van der Waals surface area contributed by atoms with Gasteiger partial charge in [0.1, 0.15) is 0 Å². The average Bonchev–Trinajstić information content (AvgIpc) is 2.10. The Bertz CT molecular complexity index is 150. The zero-order chi connectivity index (χ0) is 11.7. The quantitative estimate of drug-likeness (QED) is 0.466. The van der Waals surface area contributed by atoms with Crippen LogP contribution in [0.15, 0.2) is 0 Å². The number of alkyl halides is 4. The smallest absolute Gasteiger partial charge is 0.295 e. The molecule has 0 rings (SSSR count). The van der Waals surface area contributed by atoms with E-state index in [1.54, 1.807) is 0 Å². The Morgan fingerprint density at radius 3 is 2.20 bits per heavy atom. The van der Waals surface area contributed by atoms with Crippen LogP contribution in [0.4, 0.5) is 13.2 Å². The summed E-state index contributed by atoms with van der Waals surface area (Å²) in [6.45, 7) is 2.13. The maximum atomic E-state index is 12.1. The summed E-state index contributed by atoms with van der Waals surface area (Å²) in [6, 6.07) is 0. The van der Waals surface area contributed by atoms with E-state index in [2.05, 4.69) is 0 Å². The molecule has 0 aliphatic heterocycles. The molecule has 1 nitrogen and oxygen atoms in total. The molecule has 15 heavy (non-hydrogen) atoms. The molecule has 0 bridgehead atoms. The molecule has 0 fully saturated rings. The van der Waals surface area contributed by atoms with Crippen LogP contribution < -0.4 is 0 Å². The topological polar surface area (TPSA) is 3.24 Å². The maximum absolute atomic E-state index is 12.1. The lowest BCUT2D eigenvalue weighted by Gasteiger charge is -2.22. The Morgan fingerprint density at radius 2 is 1.73 bits per heavy atom. The first kappa shape index (κ1) is 15.0. The van der Waals surface area contributed by atoms with Gasteiger partial charge in [0.2, 0.25) is 0 Å². The van der Waals surface area contributed by atoms with E-state index < -0.39 is 12.7 Å². The summed E-state index contributed by atoms with van der Waals surface area (Å²) in [4.78, 5) is 1.47. The molecular formula is C10H19ClF3N. The SMILES string of the molecule is CCCN(CCCCCCl)CC(F)(F)F. The van der Waals surface area contributed by atoms with Gasteiger partial charge < -0.3 is 0 Å². The lowest BCUT2D eigenvalue weighted by molar-refractivity contribution is -0.146. The van der Waals surface area contributed by atoms with Crippen LogP contribution in [0.2, 0.25) is 0 Å². The second-order valence-corrected chi connectivity index (χ2v) is 4.02. The molecule has 5 heteroatoms. The van der Waals surface area contributed by atoms with Crippen molar-refractivity contribution in [3.05, 3.63) is 0 Å². The molecular weight excluding hydrogens is 227 g/mol. The van der Waals surface area contributed by atoms with E-state index in [9.17, 15) is 13.2 Å². The molecule has 0 saturated carbocycles. The zero-order valence-corrected chi connectivity index (χ0v) is 9.87. The van der Waals surface area contributed by atoms with Crippen molar-refractivity contribution in [2.24, 2.45) is 0 Å². The van der Waals surface area contributed by atoms with Crippen LogP contribution in [0.1, 0.15) is 32.6 Å². The van der Waals surface area contributed by atoms with Crippen molar-refractivity contribution in [3.8, 4) is 0 Å². The molecule has 0 spiro atoms. The third kappa shape index (κ3) is 10.3. The maximum Gasteiger partial charge on any atom is 0.401 e. The van der Waals surface area contributed by atoms with E-state index in [0.717, 1.165) is 25.7 Å². The standard InChI is InChI=1S/C10H19ClF3N/c1-2-7-15(9-10(12,13)14)8-5-3-4-6-11/h2-9H2,1H3. The fraction of sp³-hybridized carbons (Fsp3) is 1.00. The number of hydrogen-bond acceptors (Lipinski definition) is 1. The van der Waals surface area contributed by atoms with Crippen molar-refractivity contribution in [3.63, 3.8) is 0 Å². The summed E-state index contributed by atoms with van der Waals surface area (Å²) in [5.41, 5.74) is 0.